The third-order valence-electron chi connectivity index (χ3n) is 2.82. The molecule has 0 aliphatic carbocycles. The number of ether oxygens (including phenoxy) is 1. The Morgan fingerprint density at radius 3 is 2.72 bits per heavy atom. The fourth-order valence-electron chi connectivity index (χ4n) is 1.89. The summed E-state index contributed by atoms with van der Waals surface area (Å²) in [5.41, 5.74) is 1.10. The Labute approximate surface area is 105 Å². The van der Waals surface area contributed by atoms with Gasteiger partial charge in [-0.1, -0.05) is 42.5 Å². The van der Waals surface area contributed by atoms with E-state index in [1.54, 1.807) is 0 Å². The zero-order valence-corrected chi connectivity index (χ0v) is 10.2. The van der Waals surface area contributed by atoms with Gasteiger partial charge < -0.3 is 4.74 Å². The van der Waals surface area contributed by atoms with Crippen LogP contribution in [0.5, 0.6) is 0 Å². The van der Waals surface area contributed by atoms with Gasteiger partial charge in [-0.15, -0.1) is 0 Å². The number of halogens is 1. The quantitative estimate of drug-likeness (QED) is 0.774. The fourth-order valence-corrected chi connectivity index (χ4v) is 1.89. The standard InChI is InChI=1S/C15H15FO2/c1-11(16)15(17)18-10-9-13-7-4-6-12-5-2-3-8-14(12)13/h2-8,11H,9-10H2,1H3. The number of hydrogen-bond donors (Lipinski definition) is 0. The van der Waals surface area contributed by atoms with Crippen molar-refractivity contribution in [3.05, 3.63) is 48.0 Å². The first-order valence-corrected chi connectivity index (χ1v) is 5.96. The summed E-state index contributed by atoms with van der Waals surface area (Å²) in [4.78, 5) is 11.0. The molecule has 2 aromatic rings. The number of benzene rings is 2. The van der Waals surface area contributed by atoms with Crippen molar-refractivity contribution in [3.8, 4) is 0 Å². The lowest BCUT2D eigenvalue weighted by Gasteiger charge is -2.08. The van der Waals surface area contributed by atoms with Crippen molar-refractivity contribution in [1.82, 2.24) is 0 Å². The maximum absolute atomic E-state index is 12.6. The topological polar surface area (TPSA) is 26.3 Å². The van der Waals surface area contributed by atoms with Crippen molar-refractivity contribution in [2.45, 2.75) is 19.5 Å². The van der Waals surface area contributed by atoms with Crippen LogP contribution in [0.15, 0.2) is 42.5 Å². The van der Waals surface area contributed by atoms with Gasteiger partial charge in [-0.3, -0.25) is 0 Å². The maximum atomic E-state index is 12.6. The number of alkyl halides is 1. The summed E-state index contributed by atoms with van der Waals surface area (Å²) in [7, 11) is 0. The number of esters is 1. The number of hydrogen-bond acceptors (Lipinski definition) is 2. The van der Waals surface area contributed by atoms with Crippen LogP contribution < -0.4 is 0 Å². The minimum atomic E-state index is -1.56. The molecule has 0 N–H and O–H groups in total. The van der Waals surface area contributed by atoms with Gasteiger partial charge in [-0.05, 0) is 23.3 Å². The summed E-state index contributed by atoms with van der Waals surface area (Å²) in [5, 5.41) is 2.30. The molecule has 0 aromatic heterocycles. The number of fused-ring (bicyclic) bond motifs is 1. The molecule has 0 heterocycles. The molecule has 1 unspecified atom stereocenters. The van der Waals surface area contributed by atoms with Crippen molar-refractivity contribution in [2.75, 3.05) is 6.61 Å². The number of carbonyl (C=O) groups excluding carboxylic acids is 1. The fraction of sp³-hybridized carbons (Fsp3) is 0.267. The van der Waals surface area contributed by atoms with Crippen molar-refractivity contribution in [3.63, 3.8) is 0 Å². The SMILES string of the molecule is CC(F)C(=O)OCCc1cccc2ccccc12. The lowest BCUT2D eigenvalue weighted by molar-refractivity contribution is -0.148. The van der Waals surface area contributed by atoms with Gasteiger partial charge >= 0.3 is 5.97 Å². The second-order valence-corrected chi connectivity index (χ2v) is 4.17. The number of carbonyl (C=O) groups is 1. The van der Waals surface area contributed by atoms with Crippen LogP contribution in [-0.2, 0) is 16.0 Å². The molecule has 0 fully saturated rings. The highest BCUT2D eigenvalue weighted by atomic mass is 19.1. The normalized spacial score (nSPS) is 12.3. The van der Waals surface area contributed by atoms with E-state index in [9.17, 15) is 9.18 Å². The van der Waals surface area contributed by atoms with Gasteiger partial charge in [0.05, 0.1) is 6.61 Å². The Morgan fingerprint density at radius 1 is 1.22 bits per heavy atom. The van der Waals surface area contributed by atoms with E-state index in [0.717, 1.165) is 16.3 Å². The highest BCUT2D eigenvalue weighted by Crippen LogP contribution is 2.18. The molecule has 0 saturated heterocycles. The first kappa shape index (κ1) is 12.6. The summed E-state index contributed by atoms with van der Waals surface area (Å²) < 4.78 is 17.4. The van der Waals surface area contributed by atoms with E-state index in [0.29, 0.717) is 6.42 Å². The van der Waals surface area contributed by atoms with Gasteiger partial charge in [0, 0.05) is 6.42 Å². The average Bonchev–Trinajstić information content (AvgIpc) is 2.38. The van der Waals surface area contributed by atoms with Crippen LogP contribution >= 0.6 is 0 Å². The third kappa shape index (κ3) is 2.86. The minimum absolute atomic E-state index is 0.209. The molecule has 0 bridgehead atoms. The second kappa shape index (κ2) is 5.63. The van der Waals surface area contributed by atoms with Crippen LogP contribution in [0.1, 0.15) is 12.5 Å². The van der Waals surface area contributed by atoms with Crippen molar-refractivity contribution >= 4 is 16.7 Å². The monoisotopic (exact) mass is 246 g/mol. The van der Waals surface area contributed by atoms with E-state index in [1.165, 1.54) is 6.92 Å². The molecule has 0 aliphatic rings. The average molecular weight is 246 g/mol. The Bertz CT molecular complexity index is 544. The highest BCUT2D eigenvalue weighted by molar-refractivity contribution is 5.85. The Hall–Kier alpha value is -1.90. The zero-order valence-electron chi connectivity index (χ0n) is 10.2. The van der Waals surface area contributed by atoms with E-state index in [2.05, 4.69) is 0 Å². The first-order chi connectivity index (χ1) is 8.68. The molecule has 1 atom stereocenters. The van der Waals surface area contributed by atoms with E-state index < -0.39 is 12.1 Å². The predicted molar refractivity (Wildman–Crippen MR) is 69.2 cm³/mol. The lowest BCUT2D eigenvalue weighted by atomic mass is 10.0. The molecular weight excluding hydrogens is 231 g/mol. The molecule has 3 heteroatoms. The van der Waals surface area contributed by atoms with Crippen LogP contribution in [0.25, 0.3) is 10.8 Å². The number of rotatable bonds is 4. The van der Waals surface area contributed by atoms with Crippen LogP contribution in [0.3, 0.4) is 0 Å². The van der Waals surface area contributed by atoms with E-state index >= 15 is 0 Å². The summed E-state index contributed by atoms with van der Waals surface area (Å²) >= 11 is 0. The molecule has 18 heavy (non-hydrogen) atoms. The van der Waals surface area contributed by atoms with Gasteiger partial charge in [0.25, 0.3) is 0 Å². The molecule has 0 radical (unpaired) electrons. The van der Waals surface area contributed by atoms with Crippen molar-refractivity contribution < 1.29 is 13.9 Å². The summed E-state index contributed by atoms with van der Waals surface area (Å²) in [6, 6.07) is 14.0. The Morgan fingerprint density at radius 2 is 1.94 bits per heavy atom. The van der Waals surface area contributed by atoms with Gasteiger partial charge in [-0.25, -0.2) is 9.18 Å². The van der Waals surface area contributed by atoms with Crippen LogP contribution in [-0.4, -0.2) is 18.7 Å². The molecule has 0 saturated carbocycles. The van der Waals surface area contributed by atoms with Crippen molar-refractivity contribution in [1.29, 1.82) is 0 Å². The smallest absolute Gasteiger partial charge is 0.340 e. The molecule has 0 spiro atoms. The van der Waals surface area contributed by atoms with Crippen LogP contribution in [0.2, 0.25) is 0 Å². The minimum Gasteiger partial charge on any atom is -0.463 e. The largest absolute Gasteiger partial charge is 0.463 e. The second-order valence-electron chi connectivity index (χ2n) is 4.17. The Balaban J connectivity index is 2.06. The van der Waals surface area contributed by atoms with Crippen LogP contribution in [0, 0.1) is 0 Å². The first-order valence-electron chi connectivity index (χ1n) is 5.96. The molecule has 2 nitrogen and oxygen atoms in total. The van der Waals surface area contributed by atoms with E-state index in [1.807, 2.05) is 42.5 Å². The summed E-state index contributed by atoms with van der Waals surface area (Å²) in [6.07, 6.45) is -0.961. The van der Waals surface area contributed by atoms with Gasteiger partial charge in [0.1, 0.15) is 0 Å². The summed E-state index contributed by atoms with van der Waals surface area (Å²) in [6.45, 7) is 1.39. The Kier molecular flexibility index (Phi) is 3.92. The molecule has 2 rings (SSSR count). The molecule has 0 amide bonds. The summed E-state index contributed by atoms with van der Waals surface area (Å²) in [5.74, 6) is -0.796. The third-order valence-corrected chi connectivity index (χ3v) is 2.82. The van der Waals surface area contributed by atoms with Gasteiger partial charge in [0.15, 0.2) is 6.17 Å². The van der Waals surface area contributed by atoms with E-state index in [-0.39, 0.29) is 6.61 Å². The van der Waals surface area contributed by atoms with Gasteiger partial charge in [-0.2, -0.15) is 0 Å². The van der Waals surface area contributed by atoms with Gasteiger partial charge in [0.2, 0.25) is 0 Å². The molecule has 2 aromatic carbocycles. The van der Waals surface area contributed by atoms with Crippen LogP contribution in [0.4, 0.5) is 4.39 Å². The van der Waals surface area contributed by atoms with Crippen molar-refractivity contribution in [2.24, 2.45) is 0 Å². The zero-order chi connectivity index (χ0) is 13.0. The molecule has 94 valence electrons. The molecule has 0 aliphatic heterocycles. The molecular formula is C15H15FO2. The highest BCUT2D eigenvalue weighted by Gasteiger charge is 2.12. The predicted octanol–water partition coefficient (Wildman–Crippen LogP) is 3.28. The maximum Gasteiger partial charge on any atom is 0.340 e. The van der Waals surface area contributed by atoms with E-state index in [4.69, 9.17) is 4.74 Å². The lowest BCUT2D eigenvalue weighted by Crippen LogP contribution is -2.16.